The summed E-state index contributed by atoms with van der Waals surface area (Å²) in [5, 5.41) is 0. The molecule has 3 nitrogen and oxygen atoms in total. The van der Waals surface area contributed by atoms with Gasteiger partial charge in [-0.25, -0.2) is 5.43 Å². The number of carbonyl (C=O) groups is 1. The number of fused-ring (bicyclic) bond motifs is 2. The van der Waals surface area contributed by atoms with E-state index in [0.29, 0.717) is 5.57 Å². The molecule has 3 rings (SSSR count). The van der Waals surface area contributed by atoms with Gasteiger partial charge in [0.25, 0.3) is 5.91 Å². The Kier molecular flexibility index (Phi) is 2.25. The summed E-state index contributed by atoms with van der Waals surface area (Å²) in [6.45, 7) is -1.25. The Morgan fingerprint density at radius 2 is 2.06 bits per heavy atom. The first-order valence-electron chi connectivity index (χ1n) is 5.42. The molecule has 0 aromatic heterocycles. The normalized spacial score (nSPS) is 20.1. The highest BCUT2D eigenvalue weighted by atomic mass is 19.4. The van der Waals surface area contributed by atoms with E-state index in [1.807, 2.05) is 17.6 Å². The van der Waals surface area contributed by atoms with Crippen molar-refractivity contribution in [2.24, 2.45) is 0 Å². The summed E-state index contributed by atoms with van der Waals surface area (Å²) in [7, 11) is 0. The van der Waals surface area contributed by atoms with E-state index in [1.54, 1.807) is 6.08 Å². The molecule has 2 N–H and O–H groups in total. The van der Waals surface area contributed by atoms with E-state index >= 15 is 0 Å². The van der Waals surface area contributed by atoms with E-state index in [1.165, 1.54) is 11.1 Å². The highest BCUT2D eigenvalue weighted by Crippen LogP contribution is 2.51. The second kappa shape index (κ2) is 3.58. The largest absolute Gasteiger partial charge is 0.402 e. The maximum atomic E-state index is 11.9. The average Bonchev–Trinajstić information content (AvgIpc) is 2.75. The summed E-state index contributed by atoms with van der Waals surface area (Å²) in [6.07, 6.45) is 2.00. The first-order chi connectivity index (χ1) is 8.46. The Hall–Kier alpha value is -1.82. The van der Waals surface area contributed by atoms with E-state index in [0.717, 1.165) is 17.6 Å². The molecule has 0 heterocycles. The fourth-order valence-corrected chi connectivity index (χ4v) is 2.13. The van der Waals surface area contributed by atoms with Gasteiger partial charge in [-0.3, -0.25) is 10.2 Å². The van der Waals surface area contributed by atoms with Crippen molar-refractivity contribution in [1.82, 2.24) is 10.9 Å². The number of hydrogen-bond acceptors (Lipinski definition) is 2. The molecule has 0 aromatic carbocycles. The van der Waals surface area contributed by atoms with Gasteiger partial charge in [0.2, 0.25) is 0 Å². The van der Waals surface area contributed by atoms with Gasteiger partial charge < -0.3 is 0 Å². The highest BCUT2D eigenvalue weighted by molar-refractivity contribution is 6.01. The predicted octanol–water partition coefficient (Wildman–Crippen LogP) is 1.68. The maximum Gasteiger partial charge on any atom is 0.402 e. The Bertz CT molecular complexity index is 564. The number of carbonyl (C=O) groups excluding carboxylic acids is 1. The molecule has 0 aliphatic heterocycles. The fraction of sp³-hybridized carbons (Fsp3) is 0.250. The third-order valence-electron chi connectivity index (χ3n) is 3.01. The molecular formula is C12H9F3N2O. The number of nitrogens with one attached hydrogen (secondary N) is 2. The second-order valence-corrected chi connectivity index (χ2v) is 4.32. The molecule has 0 radical (unpaired) electrons. The van der Waals surface area contributed by atoms with Crippen LogP contribution in [0, 0.1) is 0 Å². The van der Waals surface area contributed by atoms with Gasteiger partial charge in [-0.1, -0.05) is 6.08 Å². The van der Waals surface area contributed by atoms with Crippen molar-refractivity contribution in [3.63, 3.8) is 0 Å². The molecule has 3 aliphatic carbocycles. The summed E-state index contributed by atoms with van der Waals surface area (Å²) in [5.41, 5.74) is 8.65. The van der Waals surface area contributed by atoms with Gasteiger partial charge in [0.15, 0.2) is 0 Å². The van der Waals surface area contributed by atoms with Gasteiger partial charge in [-0.2, -0.15) is 13.2 Å². The first kappa shape index (κ1) is 11.3. The minimum absolute atomic E-state index is 0.409. The minimum atomic E-state index is -4.35. The summed E-state index contributed by atoms with van der Waals surface area (Å²) >= 11 is 0. The lowest BCUT2D eigenvalue weighted by Gasteiger charge is -2.10. The molecular weight excluding hydrogens is 245 g/mol. The van der Waals surface area contributed by atoms with Crippen molar-refractivity contribution in [3.05, 3.63) is 46.1 Å². The van der Waals surface area contributed by atoms with Crippen molar-refractivity contribution in [3.8, 4) is 0 Å². The van der Waals surface area contributed by atoms with Crippen LogP contribution >= 0.6 is 0 Å². The van der Waals surface area contributed by atoms with Crippen LogP contribution in [0.4, 0.5) is 13.2 Å². The number of amides is 1. The van der Waals surface area contributed by atoms with Gasteiger partial charge in [0.05, 0.1) is 0 Å². The molecule has 0 atom stereocenters. The topological polar surface area (TPSA) is 41.1 Å². The van der Waals surface area contributed by atoms with Crippen molar-refractivity contribution >= 4 is 5.91 Å². The molecule has 1 saturated carbocycles. The molecule has 0 unspecified atom stereocenters. The van der Waals surface area contributed by atoms with Crippen LogP contribution in [0.15, 0.2) is 46.1 Å². The fourth-order valence-electron chi connectivity index (χ4n) is 2.13. The van der Waals surface area contributed by atoms with Crippen LogP contribution in [0.2, 0.25) is 0 Å². The van der Waals surface area contributed by atoms with Gasteiger partial charge in [-0.15, -0.1) is 0 Å². The Morgan fingerprint density at radius 3 is 2.78 bits per heavy atom. The van der Waals surface area contributed by atoms with Crippen LogP contribution in [0.1, 0.15) is 6.42 Å². The lowest BCUT2D eigenvalue weighted by molar-refractivity contribution is -0.130. The quantitative estimate of drug-likeness (QED) is 0.752. The molecule has 6 heteroatoms. The number of hydrogen-bond donors (Lipinski definition) is 2. The van der Waals surface area contributed by atoms with Crippen LogP contribution < -0.4 is 10.9 Å². The predicted molar refractivity (Wildman–Crippen MR) is 58.1 cm³/mol. The van der Waals surface area contributed by atoms with Gasteiger partial charge in [0.1, 0.15) is 6.54 Å². The average molecular weight is 254 g/mol. The van der Waals surface area contributed by atoms with E-state index < -0.39 is 18.6 Å². The number of halogens is 3. The summed E-state index contributed by atoms with van der Waals surface area (Å²) in [6, 6.07) is 0. The van der Waals surface area contributed by atoms with E-state index in [9.17, 15) is 18.0 Å². The van der Waals surface area contributed by atoms with E-state index in [-0.39, 0.29) is 0 Å². The van der Waals surface area contributed by atoms with Crippen molar-refractivity contribution in [1.29, 1.82) is 0 Å². The van der Waals surface area contributed by atoms with Gasteiger partial charge in [0, 0.05) is 5.57 Å². The summed E-state index contributed by atoms with van der Waals surface area (Å²) < 4.78 is 35.7. The SMILES string of the molecule is O=C(NNCC(F)(F)F)C1=C2C=C3CC3=C2C=C1. The molecule has 0 aromatic rings. The highest BCUT2D eigenvalue weighted by Gasteiger charge is 2.35. The molecule has 94 valence electrons. The Morgan fingerprint density at radius 1 is 1.28 bits per heavy atom. The Balaban J connectivity index is 1.65. The standard InChI is InChI=1S/C12H9F3N2O/c13-12(14,15)5-16-17-11(18)8-2-1-7-9-3-6(9)4-10(7)8/h1-2,4,16H,3,5H2,(H,17,18). The molecule has 3 aliphatic rings. The van der Waals surface area contributed by atoms with Gasteiger partial charge in [-0.05, 0) is 40.9 Å². The van der Waals surface area contributed by atoms with Crippen molar-refractivity contribution < 1.29 is 18.0 Å². The molecule has 1 fully saturated rings. The van der Waals surface area contributed by atoms with Crippen molar-refractivity contribution in [2.45, 2.75) is 12.6 Å². The molecule has 1 amide bonds. The third-order valence-corrected chi connectivity index (χ3v) is 3.01. The molecule has 0 bridgehead atoms. The zero-order chi connectivity index (χ0) is 12.9. The third kappa shape index (κ3) is 1.88. The van der Waals surface area contributed by atoms with E-state index in [4.69, 9.17) is 0 Å². The number of hydrazine groups is 1. The second-order valence-electron chi connectivity index (χ2n) is 4.32. The van der Waals surface area contributed by atoms with E-state index in [2.05, 4.69) is 5.43 Å². The maximum absolute atomic E-state index is 11.9. The molecule has 18 heavy (non-hydrogen) atoms. The zero-order valence-electron chi connectivity index (χ0n) is 9.19. The van der Waals surface area contributed by atoms with Crippen LogP contribution in [0.25, 0.3) is 0 Å². The van der Waals surface area contributed by atoms with Crippen LogP contribution in [0.5, 0.6) is 0 Å². The number of rotatable bonds is 3. The monoisotopic (exact) mass is 254 g/mol. The number of allylic oxidation sites excluding steroid dienone is 6. The van der Waals surface area contributed by atoms with Crippen LogP contribution in [0.3, 0.4) is 0 Å². The van der Waals surface area contributed by atoms with Crippen molar-refractivity contribution in [2.75, 3.05) is 6.54 Å². The lowest BCUT2D eigenvalue weighted by Crippen LogP contribution is -2.43. The zero-order valence-corrected chi connectivity index (χ0v) is 9.19. The smallest absolute Gasteiger partial charge is 0.287 e. The molecule has 0 spiro atoms. The van der Waals surface area contributed by atoms with Crippen LogP contribution in [-0.4, -0.2) is 18.6 Å². The minimum Gasteiger partial charge on any atom is -0.287 e. The summed E-state index contributed by atoms with van der Waals surface area (Å²) in [5.74, 6) is -0.542. The first-order valence-corrected chi connectivity index (χ1v) is 5.42. The lowest BCUT2D eigenvalue weighted by atomic mass is 10.1. The molecule has 0 saturated heterocycles. The van der Waals surface area contributed by atoms with Crippen LogP contribution in [-0.2, 0) is 4.79 Å². The summed E-state index contributed by atoms with van der Waals surface area (Å²) in [4.78, 5) is 11.7. The Labute approximate surface area is 101 Å². The van der Waals surface area contributed by atoms with Gasteiger partial charge >= 0.3 is 6.18 Å². The number of alkyl halides is 3.